The number of esters is 2. The SMILES string of the molecule is CCCCCCCC(=O)CC[C@@H]1[C@@H](C/C=C\CCCC(=O)NC(C)C(=O)Oc2ccc(C(=O)OCCCCON(O)O)cc2OC)[C@@H](O)C[C@H]1O. The van der Waals surface area contributed by atoms with Crippen LogP contribution in [-0.2, 0) is 24.0 Å². The van der Waals surface area contributed by atoms with E-state index in [-0.39, 0.29) is 65.6 Å². The molecule has 0 radical (unpaired) electrons. The molecule has 2 rings (SSSR count). The summed E-state index contributed by atoms with van der Waals surface area (Å²) >= 11 is 0. The van der Waals surface area contributed by atoms with Gasteiger partial charge in [-0.25, -0.2) is 9.59 Å². The lowest BCUT2D eigenvalue weighted by Gasteiger charge is -2.22. The van der Waals surface area contributed by atoms with Crippen molar-refractivity contribution in [2.45, 2.75) is 128 Å². The lowest BCUT2D eigenvalue weighted by molar-refractivity contribution is -0.492. The standard InChI is InChI=1S/C37H58N2O12/c1-4-5-6-7-10-15-28(40)19-20-30-29(31(41)25-32(30)42)16-11-8-9-12-17-35(43)38-26(2)36(44)51-33-21-18-27(24-34(33)48-3)37(45)49-22-13-14-23-50-39(46)47/h8,11,18,21,24,26,29-32,41-42,46-47H,4-7,9-10,12-17,19-20,22-23,25H2,1-3H3,(H,38,43)/b11-8-/t26?,29-,30-,31+,32-/m1/s1. The van der Waals surface area contributed by atoms with E-state index in [2.05, 4.69) is 17.1 Å². The largest absolute Gasteiger partial charge is 0.493 e. The van der Waals surface area contributed by atoms with Crippen molar-refractivity contribution in [3.63, 3.8) is 0 Å². The molecule has 1 aromatic rings. The molecule has 0 bridgehead atoms. The maximum absolute atomic E-state index is 12.7. The van der Waals surface area contributed by atoms with Gasteiger partial charge in [0.25, 0.3) is 0 Å². The number of aliphatic hydroxyl groups excluding tert-OH is 2. The summed E-state index contributed by atoms with van der Waals surface area (Å²) in [5.41, 5.74) is 0.169. The lowest BCUT2D eigenvalue weighted by atomic mass is 9.86. The van der Waals surface area contributed by atoms with E-state index in [1.165, 1.54) is 45.1 Å². The van der Waals surface area contributed by atoms with Crippen LogP contribution in [0, 0.1) is 11.8 Å². The molecule has 1 aromatic carbocycles. The smallest absolute Gasteiger partial charge is 0.338 e. The fraction of sp³-hybridized carbons (Fsp3) is 0.676. The predicted octanol–water partition coefficient (Wildman–Crippen LogP) is 5.24. The number of ketones is 1. The Bertz CT molecular complexity index is 1240. The molecule has 0 heterocycles. The highest BCUT2D eigenvalue weighted by Gasteiger charge is 2.40. The first-order chi connectivity index (χ1) is 24.5. The molecule has 0 saturated heterocycles. The number of nitrogens with one attached hydrogen (secondary N) is 1. The molecule has 0 spiro atoms. The van der Waals surface area contributed by atoms with E-state index in [4.69, 9.17) is 24.6 Å². The van der Waals surface area contributed by atoms with Crippen LogP contribution in [0.15, 0.2) is 30.4 Å². The van der Waals surface area contributed by atoms with Crippen molar-refractivity contribution in [1.29, 1.82) is 0 Å². The number of hydrogen-bond acceptors (Lipinski definition) is 13. The third-order valence-electron chi connectivity index (χ3n) is 9.01. The number of rotatable bonds is 26. The van der Waals surface area contributed by atoms with Gasteiger partial charge in [-0.3, -0.25) is 24.8 Å². The van der Waals surface area contributed by atoms with Crippen molar-refractivity contribution in [1.82, 2.24) is 10.7 Å². The van der Waals surface area contributed by atoms with Crippen LogP contribution in [0.4, 0.5) is 0 Å². The number of nitrogens with zero attached hydrogens (tertiary/aromatic N) is 1. The van der Waals surface area contributed by atoms with Crippen molar-refractivity contribution < 1.29 is 58.9 Å². The van der Waals surface area contributed by atoms with Crippen LogP contribution >= 0.6 is 0 Å². The van der Waals surface area contributed by atoms with E-state index in [0.29, 0.717) is 57.8 Å². The number of methoxy groups -OCH3 is 1. The number of ether oxygens (including phenoxy) is 3. The molecule has 5 atom stereocenters. The van der Waals surface area contributed by atoms with Crippen LogP contribution in [0.5, 0.6) is 11.5 Å². The Kier molecular flexibility index (Phi) is 21.2. The van der Waals surface area contributed by atoms with E-state index in [9.17, 15) is 29.4 Å². The van der Waals surface area contributed by atoms with Crippen LogP contribution in [0.2, 0.25) is 0 Å². The normalized spacial score (nSPS) is 19.3. The van der Waals surface area contributed by atoms with E-state index in [0.717, 1.165) is 19.3 Å². The van der Waals surface area contributed by atoms with Crippen molar-refractivity contribution >= 4 is 23.6 Å². The molecule has 1 aliphatic carbocycles. The number of carbonyl (C=O) groups is 4. The van der Waals surface area contributed by atoms with Gasteiger partial charge in [0.2, 0.25) is 5.91 Å². The molecule has 5 N–H and O–H groups in total. The van der Waals surface area contributed by atoms with E-state index >= 15 is 0 Å². The third kappa shape index (κ3) is 17.1. The van der Waals surface area contributed by atoms with Crippen LogP contribution < -0.4 is 14.8 Å². The lowest BCUT2D eigenvalue weighted by Crippen LogP contribution is -2.40. The molecule has 1 amide bonds. The predicted molar refractivity (Wildman–Crippen MR) is 186 cm³/mol. The van der Waals surface area contributed by atoms with Gasteiger partial charge in [-0.05, 0) is 88.3 Å². The van der Waals surface area contributed by atoms with Gasteiger partial charge < -0.3 is 29.7 Å². The first kappa shape index (κ1) is 43.8. The highest BCUT2D eigenvalue weighted by Crippen LogP contribution is 2.38. The Balaban J connectivity index is 1.71. The van der Waals surface area contributed by atoms with Crippen molar-refractivity contribution in [2.24, 2.45) is 11.8 Å². The molecule has 1 saturated carbocycles. The highest BCUT2D eigenvalue weighted by atomic mass is 17.1. The first-order valence-corrected chi connectivity index (χ1v) is 18.2. The van der Waals surface area contributed by atoms with Gasteiger partial charge in [-0.2, -0.15) is 0 Å². The Morgan fingerprint density at radius 1 is 0.902 bits per heavy atom. The molecular weight excluding hydrogens is 664 g/mol. The second-order valence-corrected chi connectivity index (χ2v) is 13.0. The molecule has 1 aliphatic rings. The molecule has 0 aromatic heterocycles. The number of amides is 1. The Morgan fingerprint density at radius 2 is 1.63 bits per heavy atom. The topological polar surface area (TPSA) is 201 Å². The summed E-state index contributed by atoms with van der Waals surface area (Å²) in [6, 6.07) is 3.23. The van der Waals surface area contributed by atoms with Gasteiger partial charge in [-0.1, -0.05) is 44.8 Å². The zero-order chi connectivity index (χ0) is 37.6. The average molecular weight is 723 g/mol. The number of unbranched alkanes of at least 4 members (excludes halogenated alkanes) is 6. The number of aliphatic hydroxyl groups is 2. The molecule has 14 heteroatoms. The summed E-state index contributed by atoms with van der Waals surface area (Å²) in [5.74, 6) is -1.49. The van der Waals surface area contributed by atoms with Crippen LogP contribution in [-0.4, -0.2) is 88.2 Å². The van der Waals surface area contributed by atoms with Gasteiger partial charge in [-0.15, -0.1) is 0 Å². The zero-order valence-corrected chi connectivity index (χ0v) is 30.3. The number of allylic oxidation sites excluding steroid dienone is 2. The minimum atomic E-state index is -0.949. The molecule has 1 fully saturated rings. The van der Waals surface area contributed by atoms with Gasteiger partial charge in [0.1, 0.15) is 11.8 Å². The number of benzene rings is 1. The summed E-state index contributed by atoms with van der Waals surface area (Å²) in [7, 11) is 1.35. The Morgan fingerprint density at radius 3 is 2.35 bits per heavy atom. The van der Waals surface area contributed by atoms with Gasteiger partial charge in [0.05, 0.1) is 43.5 Å². The fourth-order valence-electron chi connectivity index (χ4n) is 6.08. The van der Waals surface area contributed by atoms with Crippen molar-refractivity contribution in [3.05, 3.63) is 35.9 Å². The average Bonchev–Trinajstić information content (AvgIpc) is 3.37. The quantitative estimate of drug-likeness (QED) is 0.0274. The highest BCUT2D eigenvalue weighted by molar-refractivity contribution is 5.91. The van der Waals surface area contributed by atoms with Crippen LogP contribution in [0.1, 0.15) is 121 Å². The molecule has 0 aliphatic heterocycles. The molecule has 14 nitrogen and oxygen atoms in total. The number of hydrogen-bond donors (Lipinski definition) is 5. The van der Waals surface area contributed by atoms with E-state index < -0.39 is 30.2 Å². The zero-order valence-electron chi connectivity index (χ0n) is 30.3. The van der Waals surface area contributed by atoms with E-state index in [1.807, 2.05) is 12.2 Å². The van der Waals surface area contributed by atoms with E-state index in [1.54, 1.807) is 0 Å². The summed E-state index contributed by atoms with van der Waals surface area (Å²) in [4.78, 5) is 54.3. The molecule has 51 heavy (non-hydrogen) atoms. The second-order valence-electron chi connectivity index (χ2n) is 13.0. The Labute approximate surface area is 300 Å². The first-order valence-electron chi connectivity index (χ1n) is 18.2. The minimum absolute atomic E-state index is 0.0283. The summed E-state index contributed by atoms with van der Waals surface area (Å²) in [5, 5.41) is 40.3. The van der Waals surface area contributed by atoms with Gasteiger partial charge in [0.15, 0.2) is 11.5 Å². The van der Waals surface area contributed by atoms with Crippen molar-refractivity contribution in [3.8, 4) is 11.5 Å². The molecule has 288 valence electrons. The fourth-order valence-corrected chi connectivity index (χ4v) is 6.08. The maximum atomic E-state index is 12.7. The van der Waals surface area contributed by atoms with Crippen LogP contribution in [0.25, 0.3) is 0 Å². The number of Topliss-reactive ketones (excluding diaryl/α,β-unsaturated/α-hetero) is 1. The van der Waals surface area contributed by atoms with Crippen molar-refractivity contribution in [2.75, 3.05) is 20.3 Å². The monoisotopic (exact) mass is 722 g/mol. The minimum Gasteiger partial charge on any atom is -0.493 e. The third-order valence-corrected chi connectivity index (χ3v) is 9.01. The summed E-state index contributed by atoms with van der Waals surface area (Å²) in [6.07, 6.45) is 12.9. The maximum Gasteiger partial charge on any atom is 0.338 e. The van der Waals surface area contributed by atoms with Gasteiger partial charge >= 0.3 is 11.9 Å². The van der Waals surface area contributed by atoms with Gasteiger partial charge in [0, 0.05) is 19.3 Å². The molecular formula is C37H58N2O12. The number of carbonyl (C=O) groups excluding carboxylic acids is 4. The molecule has 1 unspecified atom stereocenters. The van der Waals surface area contributed by atoms with Crippen LogP contribution in [0.3, 0.4) is 0 Å². The summed E-state index contributed by atoms with van der Waals surface area (Å²) in [6.45, 7) is 3.76. The second kappa shape index (κ2) is 24.7. The summed E-state index contributed by atoms with van der Waals surface area (Å²) < 4.78 is 15.9. The Hall–Kier alpha value is -3.40.